The third-order valence-corrected chi connectivity index (χ3v) is 6.25. The second-order valence-corrected chi connectivity index (χ2v) is 9.33. The Morgan fingerprint density at radius 1 is 1.00 bits per heavy atom. The number of imide groups is 1. The fourth-order valence-electron chi connectivity index (χ4n) is 4.48. The van der Waals surface area contributed by atoms with E-state index in [-0.39, 0.29) is 44.1 Å². The summed E-state index contributed by atoms with van der Waals surface area (Å²) in [5.41, 5.74) is 5.47. The molecule has 0 aromatic heterocycles. The van der Waals surface area contributed by atoms with Crippen molar-refractivity contribution in [2.75, 3.05) is 32.7 Å². The van der Waals surface area contributed by atoms with Gasteiger partial charge in [-0.05, 0) is 31.2 Å². The molecule has 2 fully saturated rings. The number of urea groups is 1. The maximum Gasteiger partial charge on any atom is 0.410 e. The van der Waals surface area contributed by atoms with Crippen LogP contribution in [0, 0.1) is 17.8 Å². The molecule has 0 aliphatic carbocycles. The van der Waals surface area contributed by atoms with E-state index >= 15 is 0 Å². The van der Waals surface area contributed by atoms with Gasteiger partial charge in [0.05, 0.1) is 5.92 Å². The fourth-order valence-corrected chi connectivity index (χ4v) is 4.48. The van der Waals surface area contributed by atoms with Crippen LogP contribution in [-0.4, -0.2) is 88.7 Å². The number of carbonyl (C=O) groups excluding carboxylic acids is 3. The summed E-state index contributed by atoms with van der Waals surface area (Å²) in [6, 6.07) is -1.73. The molecule has 0 aromatic carbocycles. The van der Waals surface area contributed by atoms with Gasteiger partial charge in [-0.1, -0.05) is 40.5 Å². The van der Waals surface area contributed by atoms with E-state index in [0.29, 0.717) is 19.4 Å². The van der Waals surface area contributed by atoms with Crippen LogP contribution in [0.1, 0.15) is 53.4 Å². The first-order chi connectivity index (χ1) is 15.1. The van der Waals surface area contributed by atoms with Gasteiger partial charge in [0.15, 0.2) is 6.04 Å². The Hall–Kier alpha value is -2.36. The van der Waals surface area contributed by atoms with Crippen molar-refractivity contribution in [3.63, 3.8) is 0 Å². The van der Waals surface area contributed by atoms with Crippen LogP contribution < -0.4 is 5.73 Å². The van der Waals surface area contributed by atoms with E-state index in [2.05, 4.69) is 0 Å². The number of hydrogen-bond acceptors (Lipinski definition) is 6. The number of carbonyl (C=O) groups is 4. The number of ether oxygens (including phenoxy) is 1. The lowest BCUT2D eigenvalue weighted by Gasteiger charge is -2.46. The zero-order valence-electron chi connectivity index (χ0n) is 19.7. The Kier molecular flexibility index (Phi) is 9.30. The van der Waals surface area contributed by atoms with Crippen LogP contribution in [0.25, 0.3) is 0 Å². The first-order valence-corrected chi connectivity index (χ1v) is 11.6. The molecule has 3 N–H and O–H groups in total. The lowest BCUT2D eigenvalue weighted by molar-refractivity contribution is -0.167. The molecule has 10 nitrogen and oxygen atoms in total. The van der Waals surface area contributed by atoms with Gasteiger partial charge >= 0.3 is 18.1 Å². The molecule has 0 radical (unpaired) electrons. The van der Waals surface area contributed by atoms with Crippen LogP contribution in [0.5, 0.6) is 0 Å². The predicted octanol–water partition coefficient (Wildman–Crippen LogP) is 1.97. The third-order valence-electron chi connectivity index (χ3n) is 6.25. The molecular formula is C22H38N4O6. The molecule has 4 amide bonds. The number of aliphatic carboxylic acids is 1. The maximum atomic E-state index is 12.9. The van der Waals surface area contributed by atoms with Crippen LogP contribution in [0.2, 0.25) is 0 Å². The van der Waals surface area contributed by atoms with Gasteiger partial charge in [-0.15, -0.1) is 0 Å². The Bertz CT molecular complexity index is 682. The molecule has 0 unspecified atom stereocenters. The number of rotatable bonds is 9. The Labute approximate surface area is 190 Å². The molecule has 2 heterocycles. The number of likely N-dealkylation sites (tertiary alicyclic amines) is 1. The van der Waals surface area contributed by atoms with Gasteiger partial charge in [0, 0.05) is 26.2 Å². The lowest BCUT2D eigenvalue weighted by atomic mass is 9.83. The zero-order valence-corrected chi connectivity index (χ0v) is 19.7. The molecule has 2 aliphatic rings. The number of nitrogens with zero attached hydrogens (tertiary/aromatic N) is 3. The molecular weight excluding hydrogens is 416 g/mol. The number of carboxylic acid groups (broad SMARTS) is 1. The summed E-state index contributed by atoms with van der Waals surface area (Å²) in [5.74, 6) is -1.90. The van der Waals surface area contributed by atoms with Crippen LogP contribution >= 0.6 is 0 Å². The standard InChI is InChI=1S/C22H38N4O6/c1-14(2)18(15(3)4)32-22(31)25-12-10-24(11-13-25)21(30)26-17(20(28)29)16(19(26)27)8-6-5-7-9-23/h14-18H,5-13,23H2,1-4H3,(H,28,29)/t16-,17+/m1/s1. The minimum atomic E-state index is -1.17. The molecule has 0 aromatic rings. The van der Waals surface area contributed by atoms with E-state index < -0.39 is 36.0 Å². The number of nitrogens with two attached hydrogens (primary N) is 1. The molecule has 0 spiro atoms. The van der Waals surface area contributed by atoms with E-state index in [1.807, 2.05) is 27.7 Å². The van der Waals surface area contributed by atoms with Gasteiger partial charge in [0.2, 0.25) is 5.91 Å². The van der Waals surface area contributed by atoms with Crippen LogP contribution in [0.4, 0.5) is 9.59 Å². The number of unbranched alkanes of at least 4 members (excludes halogenated alkanes) is 2. The molecule has 0 saturated carbocycles. The molecule has 2 saturated heterocycles. The van der Waals surface area contributed by atoms with Crippen LogP contribution in [0.3, 0.4) is 0 Å². The van der Waals surface area contributed by atoms with Gasteiger partial charge in [0.1, 0.15) is 6.10 Å². The summed E-state index contributed by atoms with van der Waals surface area (Å²) in [4.78, 5) is 53.5. The van der Waals surface area contributed by atoms with Crippen molar-refractivity contribution < 1.29 is 29.0 Å². The Morgan fingerprint density at radius 2 is 1.56 bits per heavy atom. The van der Waals surface area contributed by atoms with Gasteiger partial charge in [-0.3, -0.25) is 4.79 Å². The number of amides is 4. The first-order valence-electron chi connectivity index (χ1n) is 11.6. The summed E-state index contributed by atoms with van der Waals surface area (Å²) in [6.07, 6.45) is 2.18. The molecule has 0 bridgehead atoms. The van der Waals surface area contributed by atoms with Gasteiger partial charge in [-0.2, -0.15) is 0 Å². The summed E-state index contributed by atoms with van der Waals surface area (Å²) in [6.45, 7) is 9.56. The van der Waals surface area contributed by atoms with Crippen molar-refractivity contribution in [2.45, 2.75) is 65.5 Å². The molecule has 32 heavy (non-hydrogen) atoms. The smallest absolute Gasteiger partial charge is 0.410 e. The number of carboxylic acids is 1. The van der Waals surface area contributed by atoms with Gasteiger partial charge in [0.25, 0.3) is 0 Å². The highest BCUT2D eigenvalue weighted by Gasteiger charge is 2.55. The normalized spacial score (nSPS) is 21.4. The Morgan fingerprint density at radius 3 is 2.06 bits per heavy atom. The van der Waals surface area contributed by atoms with Crippen molar-refractivity contribution in [1.82, 2.24) is 14.7 Å². The Balaban J connectivity index is 1.90. The van der Waals surface area contributed by atoms with E-state index in [1.54, 1.807) is 4.90 Å². The second-order valence-electron chi connectivity index (χ2n) is 9.33. The van der Waals surface area contributed by atoms with Crippen molar-refractivity contribution in [3.05, 3.63) is 0 Å². The minimum Gasteiger partial charge on any atom is -0.480 e. The van der Waals surface area contributed by atoms with Crippen molar-refractivity contribution >= 4 is 24.0 Å². The molecule has 2 rings (SSSR count). The summed E-state index contributed by atoms with van der Waals surface area (Å²) in [5, 5.41) is 9.58. The van der Waals surface area contributed by atoms with E-state index in [0.717, 1.165) is 17.7 Å². The molecule has 182 valence electrons. The van der Waals surface area contributed by atoms with Crippen molar-refractivity contribution in [2.24, 2.45) is 23.5 Å². The average molecular weight is 455 g/mol. The quantitative estimate of drug-likeness (QED) is 0.402. The van der Waals surface area contributed by atoms with E-state index in [9.17, 15) is 24.3 Å². The molecule has 10 heteroatoms. The number of hydrogen-bond donors (Lipinski definition) is 2. The van der Waals surface area contributed by atoms with Gasteiger partial charge in [-0.25, -0.2) is 19.3 Å². The number of piperazine rings is 1. The molecule has 2 atom stereocenters. The largest absolute Gasteiger partial charge is 0.480 e. The highest BCUT2D eigenvalue weighted by molar-refractivity contribution is 6.07. The van der Waals surface area contributed by atoms with Crippen LogP contribution in [0.15, 0.2) is 0 Å². The highest BCUT2D eigenvalue weighted by Crippen LogP contribution is 2.33. The zero-order chi connectivity index (χ0) is 24.0. The highest BCUT2D eigenvalue weighted by atomic mass is 16.6. The lowest BCUT2D eigenvalue weighted by Crippen LogP contribution is -2.69. The average Bonchev–Trinajstić information content (AvgIpc) is 2.74. The first kappa shape index (κ1) is 25.9. The van der Waals surface area contributed by atoms with Gasteiger partial charge < -0.3 is 25.4 Å². The van der Waals surface area contributed by atoms with Crippen molar-refractivity contribution in [1.29, 1.82) is 0 Å². The van der Waals surface area contributed by atoms with Crippen molar-refractivity contribution in [3.8, 4) is 0 Å². The summed E-state index contributed by atoms with van der Waals surface area (Å²) < 4.78 is 5.66. The van der Waals surface area contributed by atoms with E-state index in [1.165, 1.54) is 4.90 Å². The van der Waals surface area contributed by atoms with Crippen LogP contribution in [-0.2, 0) is 14.3 Å². The number of β-lactam (4-membered cyclic amide) rings is 1. The second kappa shape index (κ2) is 11.5. The topological polar surface area (TPSA) is 133 Å². The third kappa shape index (κ3) is 5.90. The molecule has 2 aliphatic heterocycles. The summed E-state index contributed by atoms with van der Waals surface area (Å²) >= 11 is 0. The fraction of sp³-hybridized carbons (Fsp3) is 0.818. The predicted molar refractivity (Wildman–Crippen MR) is 118 cm³/mol. The summed E-state index contributed by atoms with van der Waals surface area (Å²) in [7, 11) is 0. The van der Waals surface area contributed by atoms with E-state index in [4.69, 9.17) is 10.5 Å². The SMILES string of the molecule is CC(C)C(OC(=O)N1CCN(C(=O)N2C(=O)[C@H](CCCCCN)[C@H]2C(=O)O)CC1)C(C)C. The monoisotopic (exact) mass is 454 g/mol. The maximum absolute atomic E-state index is 12.9. The minimum absolute atomic E-state index is 0.190.